The number of benzene rings is 2. The minimum absolute atomic E-state index is 0.131. The zero-order valence-corrected chi connectivity index (χ0v) is 20.7. The van der Waals surface area contributed by atoms with E-state index in [1.54, 1.807) is 62.4 Å². The largest absolute Gasteiger partial charge is 0.355 e. The summed E-state index contributed by atoms with van der Waals surface area (Å²) in [5, 5.41) is 3.26. The fourth-order valence-corrected chi connectivity index (χ4v) is 4.15. The molecule has 1 N–H and O–H groups in total. The van der Waals surface area contributed by atoms with Crippen LogP contribution in [0.2, 0.25) is 5.02 Å². The van der Waals surface area contributed by atoms with Crippen LogP contribution in [0.1, 0.15) is 19.4 Å². The number of carbonyl (C=O) groups excluding carboxylic acids is 2. The molecule has 168 valence electrons. The molecule has 0 unspecified atom stereocenters. The summed E-state index contributed by atoms with van der Waals surface area (Å²) in [7, 11) is -3.74. The number of sulfonamides is 1. The number of nitrogens with one attached hydrogen (secondary N) is 1. The Morgan fingerprint density at radius 1 is 1.10 bits per heavy atom. The van der Waals surface area contributed by atoms with Crippen LogP contribution in [0.15, 0.2) is 53.0 Å². The van der Waals surface area contributed by atoms with Gasteiger partial charge in [-0.1, -0.05) is 39.7 Å². The number of hydrogen-bond donors (Lipinski definition) is 1. The first-order valence-corrected chi connectivity index (χ1v) is 12.6. The van der Waals surface area contributed by atoms with Gasteiger partial charge in [-0.05, 0) is 55.8 Å². The molecule has 7 nitrogen and oxygen atoms in total. The van der Waals surface area contributed by atoms with Crippen molar-refractivity contribution in [2.24, 2.45) is 0 Å². The molecule has 0 heterocycles. The molecule has 0 aliphatic heterocycles. The molecule has 2 aromatic carbocycles. The minimum Gasteiger partial charge on any atom is -0.355 e. The maximum atomic E-state index is 13.3. The van der Waals surface area contributed by atoms with Crippen molar-refractivity contribution >= 4 is 55.1 Å². The Labute approximate surface area is 196 Å². The third-order valence-corrected chi connectivity index (χ3v) is 6.50. The average Bonchev–Trinajstić information content (AvgIpc) is 2.71. The van der Waals surface area contributed by atoms with Gasteiger partial charge in [0, 0.05) is 22.6 Å². The Balaban J connectivity index is 2.35. The Morgan fingerprint density at radius 2 is 1.68 bits per heavy atom. The second kappa shape index (κ2) is 11.0. The third kappa shape index (κ3) is 7.22. The first-order chi connectivity index (χ1) is 14.5. The number of anilines is 1. The van der Waals surface area contributed by atoms with Crippen LogP contribution >= 0.6 is 27.5 Å². The molecule has 0 saturated heterocycles. The highest BCUT2D eigenvalue weighted by atomic mass is 79.9. The first kappa shape index (κ1) is 25.2. The van der Waals surface area contributed by atoms with E-state index in [4.69, 9.17) is 11.6 Å². The number of amides is 2. The summed E-state index contributed by atoms with van der Waals surface area (Å²) in [6, 6.07) is 12.7. The van der Waals surface area contributed by atoms with Crippen LogP contribution in [0.4, 0.5) is 5.69 Å². The van der Waals surface area contributed by atoms with Gasteiger partial charge in [0.1, 0.15) is 12.6 Å². The van der Waals surface area contributed by atoms with Crippen LogP contribution in [0, 0.1) is 0 Å². The van der Waals surface area contributed by atoms with Gasteiger partial charge in [-0.2, -0.15) is 0 Å². The van der Waals surface area contributed by atoms with E-state index in [-0.39, 0.29) is 12.5 Å². The van der Waals surface area contributed by atoms with Gasteiger partial charge in [-0.25, -0.2) is 8.42 Å². The monoisotopic (exact) mass is 529 g/mol. The first-order valence-electron chi connectivity index (χ1n) is 9.57. The summed E-state index contributed by atoms with van der Waals surface area (Å²) in [4.78, 5) is 27.1. The van der Waals surface area contributed by atoms with Crippen molar-refractivity contribution < 1.29 is 18.0 Å². The summed E-state index contributed by atoms with van der Waals surface area (Å²) in [6.45, 7) is 3.52. The minimum atomic E-state index is -3.74. The van der Waals surface area contributed by atoms with Crippen LogP contribution in [0.3, 0.4) is 0 Å². The Kier molecular flexibility index (Phi) is 8.90. The van der Waals surface area contributed by atoms with Gasteiger partial charge in [0.05, 0.1) is 11.9 Å². The quantitative estimate of drug-likeness (QED) is 0.538. The standard InChI is InChI=1S/C21H25BrClN3O4S/c1-4-24-21(28)15(2)25(13-16-5-9-18(23)10-6-16)20(27)14-26(31(3,29)30)19-11-7-17(22)8-12-19/h5-12,15H,4,13-14H2,1-3H3,(H,24,28)/t15-/m0/s1. The van der Waals surface area contributed by atoms with E-state index in [1.807, 2.05) is 0 Å². The second-order valence-corrected chi connectivity index (χ2v) is 10.2. The van der Waals surface area contributed by atoms with Gasteiger partial charge >= 0.3 is 0 Å². The highest BCUT2D eigenvalue weighted by molar-refractivity contribution is 9.10. The van der Waals surface area contributed by atoms with Crippen molar-refractivity contribution in [3.05, 3.63) is 63.6 Å². The van der Waals surface area contributed by atoms with Gasteiger partial charge in [-0.15, -0.1) is 0 Å². The average molecular weight is 531 g/mol. The van der Waals surface area contributed by atoms with Gasteiger partial charge in [0.15, 0.2) is 0 Å². The molecule has 0 aliphatic rings. The summed E-state index contributed by atoms with van der Waals surface area (Å²) in [5.74, 6) is -0.818. The molecule has 2 rings (SSSR count). The van der Waals surface area contributed by atoms with E-state index in [0.717, 1.165) is 20.6 Å². The van der Waals surface area contributed by atoms with E-state index in [1.165, 1.54) is 4.90 Å². The Hall–Kier alpha value is -2.10. The van der Waals surface area contributed by atoms with Gasteiger partial charge in [0.25, 0.3) is 0 Å². The molecule has 0 radical (unpaired) electrons. The zero-order valence-electron chi connectivity index (χ0n) is 17.5. The predicted molar refractivity (Wildman–Crippen MR) is 126 cm³/mol. The van der Waals surface area contributed by atoms with Crippen molar-refractivity contribution in [2.45, 2.75) is 26.4 Å². The van der Waals surface area contributed by atoms with Crippen LogP contribution in [-0.2, 0) is 26.2 Å². The predicted octanol–water partition coefficient (Wildman–Crippen LogP) is 3.42. The molecule has 31 heavy (non-hydrogen) atoms. The topological polar surface area (TPSA) is 86.8 Å². The number of carbonyl (C=O) groups is 2. The van der Waals surface area contributed by atoms with E-state index in [0.29, 0.717) is 17.3 Å². The fraction of sp³-hybridized carbons (Fsp3) is 0.333. The van der Waals surface area contributed by atoms with Crippen LogP contribution < -0.4 is 9.62 Å². The lowest BCUT2D eigenvalue weighted by Gasteiger charge is -2.31. The Bertz CT molecular complexity index is 1010. The third-order valence-electron chi connectivity index (χ3n) is 4.58. The SMILES string of the molecule is CCNC(=O)[C@H](C)N(Cc1ccc(Cl)cc1)C(=O)CN(c1ccc(Br)cc1)S(C)(=O)=O. The smallest absolute Gasteiger partial charge is 0.244 e. The van der Waals surface area contributed by atoms with Crippen molar-refractivity contribution in [3.63, 3.8) is 0 Å². The van der Waals surface area contributed by atoms with Crippen molar-refractivity contribution in [1.29, 1.82) is 0 Å². The van der Waals surface area contributed by atoms with Crippen molar-refractivity contribution in [3.8, 4) is 0 Å². The van der Waals surface area contributed by atoms with Crippen molar-refractivity contribution in [1.82, 2.24) is 10.2 Å². The maximum absolute atomic E-state index is 13.3. The summed E-state index contributed by atoms with van der Waals surface area (Å²) < 4.78 is 26.7. The highest BCUT2D eigenvalue weighted by Gasteiger charge is 2.29. The molecule has 0 spiro atoms. The zero-order chi connectivity index (χ0) is 23.2. The summed E-state index contributed by atoms with van der Waals surface area (Å²) in [6.07, 6.45) is 1.04. The van der Waals surface area contributed by atoms with Gasteiger partial charge in [0.2, 0.25) is 21.8 Å². The molecule has 0 aromatic heterocycles. The number of nitrogens with zero attached hydrogens (tertiary/aromatic N) is 2. The van der Waals surface area contributed by atoms with Crippen LogP contribution in [0.25, 0.3) is 0 Å². The normalized spacial score (nSPS) is 12.2. The molecule has 0 fully saturated rings. The lowest BCUT2D eigenvalue weighted by Crippen LogP contribution is -2.51. The molecule has 2 aromatic rings. The Morgan fingerprint density at radius 3 is 2.19 bits per heavy atom. The molecule has 10 heteroatoms. The van der Waals surface area contributed by atoms with Crippen LogP contribution in [-0.4, -0.2) is 50.5 Å². The summed E-state index contributed by atoms with van der Waals surface area (Å²) >= 11 is 9.26. The summed E-state index contributed by atoms with van der Waals surface area (Å²) in [5.41, 5.74) is 1.12. The molecular formula is C21H25BrClN3O4S. The number of likely N-dealkylation sites (N-methyl/N-ethyl adjacent to an activating group) is 1. The van der Waals surface area contributed by atoms with E-state index in [2.05, 4.69) is 21.2 Å². The van der Waals surface area contributed by atoms with Gasteiger partial charge in [-0.3, -0.25) is 13.9 Å². The van der Waals surface area contributed by atoms with Crippen LogP contribution in [0.5, 0.6) is 0 Å². The number of halogens is 2. The number of rotatable bonds is 9. The van der Waals surface area contributed by atoms with Crippen molar-refractivity contribution in [2.75, 3.05) is 23.7 Å². The van der Waals surface area contributed by atoms with E-state index >= 15 is 0 Å². The molecule has 0 saturated carbocycles. The fourth-order valence-electron chi connectivity index (χ4n) is 2.91. The van der Waals surface area contributed by atoms with E-state index in [9.17, 15) is 18.0 Å². The molecular weight excluding hydrogens is 506 g/mol. The lowest BCUT2D eigenvalue weighted by atomic mass is 10.1. The highest BCUT2D eigenvalue weighted by Crippen LogP contribution is 2.22. The lowest BCUT2D eigenvalue weighted by molar-refractivity contribution is -0.139. The maximum Gasteiger partial charge on any atom is 0.244 e. The molecule has 2 amide bonds. The van der Waals surface area contributed by atoms with E-state index < -0.39 is 28.5 Å². The molecule has 0 aliphatic carbocycles. The van der Waals surface area contributed by atoms with Gasteiger partial charge < -0.3 is 10.2 Å². The second-order valence-electron chi connectivity index (χ2n) is 6.96. The molecule has 1 atom stereocenters. The molecule has 0 bridgehead atoms. The number of hydrogen-bond acceptors (Lipinski definition) is 4.